The Hall–Kier alpha value is -3.09. The van der Waals surface area contributed by atoms with Gasteiger partial charge in [0.15, 0.2) is 5.76 Å². The molecule has 2 aromatic carbocycles. The zero-order valence-corrected chi connectivity index (χ0v) is 23.0. The highest BCUT2D eigenvalue weighted by atomic mass is 32.2. The first kappa shape index (κ1) is 25.6. The minimum Gasteiger partial charge on any atom is -0.438 e. The van der Waals surface area contributed by atoms with E-state index in [0.717, 1.165) is 58.3 Å². The van der Waals surface area contributed by atoms with Crippen LogP contribution in [0.4, 0.5) is 0 Å². The second-order valence-electron chi connectivity index (χ2n) is 9.47. The van der Waals surface area contributed by atoms with Gasteiger partial charge in [0, 0.05) is 23.7 Å². The SMILES string of the molecule is CCN1C(=CC=CC(C)=C2SC(=S)N(C3CCCCC3)C2=O)OC(c2ccccc2)=C1c1ccccc1. The quantitative estimate of drug-likeness (QED) is 0.283. The zero-order valence-electron chi connectivity index (χ0n) is 21.4. The Bertz CT molecular complexity index is 1290. The van der Waals surface area contributed by atoms with Crippen molar-refractivity contribution in [3.05, 3.63) is 106 Å². The number of thiocarbonyl (C=S) groups is 1. The topological polar surface area (TPSA) is 32.8 Å². The zero-order chi connectivity index (χ0) is 25.8. The average Bonchev–Trinajstić information content (AvgIpc) is 3.46. The van der Waals surface area contributed by atoms with E-state index in [2.05, 4.69) is 36.1 Å². The van der Waals surface area contributed by atoms with Crippen LogP contribution in [0.25, 0.3) is 11.5 Å². The van der Waals surface area contributed by atoms with E-state index in [1.54, 1.807) is 0 Å². The fraction of sp³-hybridized carbons (Fsp3) is 0.290. The van der Waals surface area contributed by atoms with E-state index in [0.29, 0.717) is 4.32 Å². The van der Waals surface area contributed by atoms with Gasteiger partial charge in [-0.2, -0.15) is 0 Å². The van der Waals surface area contributed by atoms with Crippen LogP contribution in [0.1, 0.15) is 57.1 Å². The molecule has 1 saturated carbocycles. The predicted molar refractivity (Wildman–Crippen MR) is 157 cm³/mol. The summed E-state index contributed by atoms with van der Waals surface area (Å²) in [6.45, 7) is 4.87. The van der Waals surface area contributed by atoms with Crippen molar-refractivity contribution in [2.45, 2.75) is 52.0 Å². The van der Waals surface area contributed by atoms with Gasteiger partial charge in [-0.25, -0.2) is 0 Å². The van der Waals surface area contributed by atoms with Gasteiger partial charge in [0.25, 0.3) is 5.91 Å². The lowest BCUT2D eigenvalue weighted by Crippen LogP contribution is -2.39. The molecule has 2 aromatic rings. The first-order valence-corrected chi connectivity index (χ1v) is 14.3. The standard InChI is InChI=1S/C31H32N2O2S2/c1-3-32-26(35-28(24-17-9-5-10-18-24)27(32)23-15-7-4-8-16-23)21-13-14-22(2)29-30(34)33(31(36)37-29)25-19-11-6-12-20-25/h4-5,7-10,13-18,21,25H,3,6,11-12,19-20H2,1-2H3. The molecule has 0 bridgehead atoms. The normalized spacial score (nSPS) is 21.5. The molecule has 0 aromatic heterocycles. The van der Waals surface area contributed by atoms with Crippen molar-refractivity contribution in [2.75, 3.05) is 6.54 Å². The van der Waals surface area contributed by atoms with E-state index < -0.39 is 0 Å². The van der Waals surface area contributed by atoms with Crippen LogP contribution < -0.4 is 0 Å². The summed E-state index contributed by atoms with van der Waals surface area (Å²) in [6, 6.07) is 20.8. The van der Waals surface area contributed by atoms with E-state index in [9.17, 15) is 4.79 Å². The lowest BCUT2D eigenvalue weighted by Gasteiger charge is -2.29. The second-order valence-corrected chi connectivity index (χ2v) is 11.1. The maximum absolute atomic E-state index is 13.2. The largest absolute Gasteiger partial charge is 0.438 e. The van der Waals surface area contributed by atoms with Crippen molar-refractivity contribution in [3.8, 4) is 0 Å². The van der Waals surface area contributed by atoms with Crippen LogP contribution in [0.5, 0.6) is 0 Å². The minimum absolute atomic E-state index is 0.0587. The average molecular weight is 529 g/mol. The van der Waals surface area contributed by atoms with Crippen LogP contribution in [-0.2, 0) is 9.53 Å². The second kappa shape index (κ2) is 11.5. The summed E-state index contributed by atoms with van der Waals surface area (Å²) in [6.07, 6.45) is 11.6. The fourth-order valence-electron chi connectivity index (χ4n) is 5.17. The highest BCUT2D eigenvalue weighted by Gasteiger charge is 2.38. The number of thioether (sulfide) groups is 1. The maximum atomic E-state index is 13.2. The van der Waals surface area contributed by atoms with Gasteiger partial charge in [0.1, 0.15) is 4.32 Å². The van der Waals surface area contributed by atoms with E-state index in [-0.39, 0.29) is 11.9 Å². The molecule has 5 rings (SSSR count). The molecule has 190 valence electrons. The van der Waals surface area contributed by atoms with Gasteiger partial charge >= 0.3 is 0 Å². The van der Waals surface area contributed by atoms with Gasteiger partial charge in [-0.1, -0.05) is 116 Å². The Balaban J connectivity index is 1.41. The number of carbonyl (C=O) groups excluding carboxylic acids is 1. The minimum atomic E-state index is 0.0587. The molecule has 0 atom stereocenters. The first-order valence-electron chi connectivity index (χ1n) is 13.0. The summed E-state index contributed by atoms with van der Waals surface area (Å²) in [4.78, 5) is 18.0. The number of allylic oxidation sites excluding steroid dienone is 4. The Labute approximate surface area is 229 Å². The number of benzene rings is 2. The lowest BCUT2D eigenvalue weighted by molar-refractivity contribution is -0.124. The third-order valence-electron chi connectivity index (χ3n) is 7.04. The molecule has 2 fully saturated rings. The van der Waals surface area contributed by atoms with Gasteiger partial charge in [0.05, 0.1) is 10.6 Å². The van der Waals surface area contributed by atoms with Crippen LogP contribution in [0.3, 0.4) is 0 Å². The number of ether oxygens (including phenoxy) is 1. The van der Waals surface area contributed by atoms with Crippen molar-refractivity contribution in [2.24, 2.45) is 0 Å². The molecule has 6 heteroatoms. The maximum Gasteiger partial charge on any atom is 0.266 e. The Morgan fingerprint density at radius 2 is 1.68 bits per heavy atom. The van der Waals surface area contributed by atoms with Gasteiger partial charge < -0.3 is 9.64 Å². The Morgan fingerprint density at radius 1 is 1.03 bits per heavy atom. The number of carbonyl (C=O) groups is 1. The Kier molecular flexibility index (Phi) is 7.96. The van der Waals surface area contributed by atoms with Crippen LogP contribution in [0.2, 0.25) is 0 Å². The molecular weight excluding hydrogens is 496 g/mol. The van der Waals surface area contributed by atoms with Gasteiger partial charge in [-0.3, -0.25) is 9.69 Å². The van der Waals surface area contributed by atoms with E-state index in [1.807, 2.05) is 66.4 Å². The molecule has 1 aliphatic carbocycles. The molecule has 0 unspecified atom stereocenters. The number of hydrogen-bond acceptors (Lipinski definition) is 5. The first-order chi connectivity index (χ1) is 18.1. The predicted octanol–water partition coefficient (Wildman–Crippen LogP) is 7.73. The molecule has 3 aliphatic rings. The van der Waals surface area contributed by atoms with Gasteiger partial charge in [0.2, 0.25) is 5.88 Å². The van der Waals surface area contributed by atoms with Crippen LogP contribution in [0.15, 0.2) is 95.3 Å². The number of hydrogen-bond donors (Lipinski definition) is 0. The van der Waals surface area contributed by atoms with Crippen molar-refractivity contribution in [1.29, 1.82) is 0 Å². The van der Waals surface area contributed by atoms with Crippen molar-refractivity contribution in [1.82, 2.24) is 9.80 Å². The summed E-state index contributed by atoms with van der Waals surface area (Å²) in [7, 11) is 0. The molecule has 2 heterocycles. The highest BCUT2D eigenvalue weighted by Crippen LogP contribution is 2.41. The molecule has 1 amide bonds. The van der Waals surface area contributed by atoms with Crippen LogP contribution in [0, 0.1) is 0 Å². The van der Waals surface area contributed by atoms with Crippen LogP contribution >= 0.6 is 24.0 Å². The van der Waals surface area contributed by atoms with Gasteiger partial charge in [-0.15, -0.1) is 0 Å². The molecular formula is C31H32N2O2S2. The van der Waals surface area contributed by atoms with Crippen molar-refractivity contribution < 1.29 is 9.53 Å². The van der Waals surface area contributed by atoms with E-state index in [1.165, 1.54) is 31.0 Å². The smallest absolute Gasteiger partial charge is 0.266 e. The fourth-order valence-corrected chi connectivity index (χ4v) is 6.57. The third kappa shape index (κ3) is 5.32. The van der Waals surface area contributed by atoms with Crippen LogP contribution in [-0.4, -0.2) is 32.6 Å². The number of amides is 1. The third-order valence-corrected chi connectivity index (χ3v) is 8.56. The molecule has 2 aliphatic heterocycles. The number of nitrogens with zero attached hydrogens (tertiary/aromatic N) is 2. The summed E-state index contributed by atoms with van der Waals surface area (Å²) < 4.78 is 7.15. The summed E-state index contributed by atoms with van der Waals surface area (Å²) in [5.41, 5.74) is 4.13. The highest BCUT2D eigenvalue weighted by molar-refractivity contribution is 8.26. The molecule has 0 radical (unpaired) electrons. The molecule has 1 saturated heterocycles. The van der Waals surface area contributed by atoms with E-state index >= 15 is 0 Å². The monoisotopic (exact) mass is 528 g/mol. The summed E-state index contributed by atoms with van der Waals surface area (Å²) in [5, 5.41) is 0. The van der Waals surface area contributed by atoms with Crippen molar-refractivity contribution >= 4 is 45.7 Å². The molecule has 4 nitrogen and oxygen atoms in total. The molecule has 37 heavy (non-hydrogen) atoms. The Morgan fingerprint density at radius 3 is 2.32 bits per heavy atom. The summed E-state index contributed by atoms with van der Waals surface area (Å²) in [5.74, 6) is 1.67. The lowest BCUT2D eigenvalue weighted by atomic mass is 9.94. The molecule has 0 N–H and O–H groups in total. The van der Waals surface area contributed by atoms with E-state index in [4.69, 9.17) is 17.0 Å². The van der Waals surface area contributed by atoms with Crippen molar-refractivity contribution in [3.63, 3.8) is 0 Å². The molecule has 0 spiro atoms. The summed E-state index contributed by atoms with van der Waals surface area (Å²) >= 11 is 7.04. The number of rotatable bonds is 6. The van der Waals surface area contributed by atoms with Gasteiger partial charge in [-0.05, 0) is 38.3 Å².